The van der Waals surface area contributed by atoms with Gasteiger partial charge < -0.3 is 15.5 Å². The van der Waals surface area contributed by atoms with Crippen LogP contribution in [-0.4, -0.2) is 42.9 Å². The average Bonchev–Trinajstić information content (AvgIpc) is 2.92. The van der Waals surface area contributed by atoms with Gasteiger partial charge in [-0.15, -0.1) is 0 Å². The minimum atomic E-state index is -0.0310. The Bertz CT molecular complexity index is 595. The van der Waals surface area contributed by atoms with Crippen molar-refractivity contribution in [3.63, 3.8) is 0 Å². The van der Waals surface area contributed by atoms with Crippen LogP contribution < -0.4 is 10.6 Å². The van der Waals surface area contributed by atoms with Crippen LogP contribution in [0.5, 0.6) is 0 Å². The standard InChI is InChI=1S/C19H30N4O/c1-5-20-17(24)16-9-7-8-15(12-16)13-22-18(21-6-2)23-11-10-19(3,4)14-23/h7-9,12H,5-6,10-11,13-14H2,1-4H3,(H,20,24)(H,21,22). The van der Waals surface area contributed by atoms with E-state index in [0.717, 1.165) is 31.2 Å². The van der Waals surface area contributed by atoms with Crippen LogP contribution in [0.3, 0.4) is 0 Å². The lowest BCUT2D eigenvalue weighted by atomic mass is 9.93. The van der Waals surface area contributed by atoms with Gasteiger partial charge >= 0.3 is 0 Å². The van der Waals surface area contributed by atoms with Crippen molar-refractivity contribution in [2.45, 2.75) is 40.7 Å². The number of amides is 1. The Balaban J connectivity index is 2.09. The Morgan fingerprint density at radius 3 is 2.62 bits per heavy atom. The molecule has 0 spiro atoms. The van der Waals surface area contributed by atoms with Crippen LogP contribution in [-0.2, 0) is 6.54 Å². The zero-order valence-corrected chi connectivity index (χ0v) is 15.4. The highest BCUT2D eigenvalue weighted by Crippen LogP contribution is 2.28. The van der Waals surface area contributed by atoms with E-state index in [1.54, 1.807) is 0 Å². The van der Waals surface area contributed by atoms with Gasteiger partial charge in [-0.3, -0.25) is 4.79 Å². The fraction of sp³-hybridized carbons (Fsp3) is 0.579. The average molecular weight is 330 g/mol. The number of guanidine groups is 1. The number of carbonyl (C=O) groups excluding carboxylic acids is 1. The smallest absolute Gasteiger partial charge is 0.251 e. The number of nitrogens with zero attached hydrogens (tertiary/aromatic N) is 2. The van der Waals surface area contributed by atoms with E-state index in [1.165, 1.54) is 6.42 Å². The third-order valence-electron chi connectivity index (χ3n) is 4.25. The number of benzene rings is 1. The van der Waals surface area contributed by atoms with Crippen molar-refractivity contribution in [1.82, 2.24) is 15.5 Å². The topological polar surface area (TPSA) is 56.7 Å². The number of aliphatic imine (C=N–C) groups is 1. The first-order valence-electron chi connectivity index (χ1n) is 8.85. The molecule has 0 unspecified atom stereocenters. The Kier molecular flexibility index (Phi) is 6.23. The first-order chi connectivity index (χ1) is 11.4. The minimum Gasteiger partial charge on any atom is -0.357 e. The van der Waals surface area contributed by atoms with E-state index in [0.29, 0.717) is 24.1 Å². The predicted octanol–water partition coefficient (Wildman–Crippen LogP) is 2.63. The molecule has 1 aliphatic rings. The maximum atomic E-state index is 12.0. The number of rotatable bonds is 5. The molecule has 1 aromatic rings. The van der Waals surface area contributed by atoms with Gasteiger partial charge in [0, 0.05) is 31.7 Å². The molecule has 2 rings (SSSR count). The summed E-state index contributed by atoms with van der Waals surface area (Å²) in [5.74, 6) is 0.933. The molecule has 5 nitrogen and oxygen atoms in total. The lowest BCUT2D eigenvalue weighted by molar-refractivity contribution is 0.0955. The molecule has 1 aromatic carbocycles. The Hall–Kier alpha value is -2.04. The van der Waals surface area contributed by atoms with Crippen LogP contribution >= 0.6 is 0 Å². The molecule has 0 saturated carbocycles. The van der Waals surface area contributed by atoms with E-state index >= 15 is 0 Å². The van der Waals surface area contributed by atoms with E-state index < -0.39 is 0 Å². The van der Waals surface area contributed by atoms with Gasteiger partial charge in [-0.25, -0.2) is 4.99 Å². The van der Waals surface area contributed by atoms with Gasteiger partial charge in [0.15, 0.2) is 5.96 Å². The second-order valence-electron chi connectivity index (χ2n) is 7.07. The maximum absolute atomic E-state index is 12.0. The fourth-order valence-corrected chi connectivity index (χ4v) is 2.96. The third kappa shape index (κ3) is 4.98. The number of hydrogen-bond donors (Lipinski definition) is 2. The third-order valence-corrected chi connectivity index (χ3v) is 4.25. The second kappa shape index (κ2) is 8.18. The summed E-state index contributed by atoms with van der Waals surface area (Å²) >= 11 is 0. The van der Waals surface area contributed by atoms with E-state index in [4.69, 9.17) is 4.99 Å². The summed E-state index contributed by atoms with van der Waals surface area (Å²) in [6.45, 7) is 12.7. The van der Waals surface area contributed by atoms with Crippen molar-refractivity contribution in [3.8, 4) is 0 Å². The SMILES string of the molecule is CCNC(=O)c1cccc(CN=C(NCC)N2CCC(C)(C)C2)c1. The van der Waals surface area contributed by atoms with Crippen LogP contribution in [0.25, 0.3) is 0 Å². The number of nitrogens with one attached hydrogen (secondary N) is 2. The van der Waals surface area contributed by atoms with E-state index in [2.05, 4.69) is 36.3 Å². The van der Waals surface area contributed by atoms with Gasteiger partial charge in [0.25, 0.3) is 5.91 Å². The number of carbonyl (C=O) groups is 1. The lowest BCUT2D eigenvalue weighted by Crippen LogP contribution is -2.40. The first kappa shape index (κ1) is 18.3. The van der Waals surface area contributed by atoms with E-state index in [-0.39, 0.29) is 5.91 Å². The minimum absolute atomic E-state index is 0.0310. The van der Waals surface area contributed by atoms with Crippen molar-refractivity contribution in [1.29, 1.82) is 0 Å². The van der Waals surface area contributed by atoms with Crippen molar-refractivity contribution < 1.29 is 4.79 Å². The summed E-state index contributed by atoms with van der Waals surface area (Å²) in [6, 6.07) is 7.70. The molecule has 132 valence electrons. The number of hydrogen-bond acceptors (Lipinski definition) is 2. The van der Waals surface area contributed by atoms with Crippen molar-refractivity contribution >= 4 is 11.9 Å². The molecule has 1 amide bonds. The molecular formula is C19H30N4O. The molecule has 0 atom stereocenters. The highest BCUT2D eigenvalue weighted by Gasteiger charge is 2.30. The predicted molar refractivity (Wildman–Crippen MR) is 99.2 cm³/mol. The summed E-state index contributed by atoms with van der Waals surface area (Å²) in [6.07, 6.45) is 1.18. The van der Waals surface area contributed by atoms with Crippen LogP contribution in [0.15, 0.2) is 29.3 Å². The van der Waals surface area contributed by atoms with Crippen LogP contribution in [0.4, 0.5) is 0 Å². The molecule has 2 N–H and O–H groups in total. The summed E-state index contributed by atoms with van der Waals surface area (Å²) in [7, 11) is 0. The quantitative estimate of drug-likeness (QED) is 0.644. The molecule has 0 aliphatic carbocycles. The van der Waals surface area contributed by atoms with Gasteiger partial charge in [-0.05, 0) is 43.4 Å². The van der Waals surface area contributed by atoms with Gasteiger partial charge in [-0.1, -0.05) is 26.0 Å². The number of likely N-dealkylation sites (tertiary alicyclic amines) is 1. The van der Waals surface area contributed by atoms with Gasteiger partial charge in [0.1, 0.15) is 0 Å². The second-order valence-corrected chi connectivity index (χ2v) is 7.07. The molecule has 0 radical (unpaired) electrons. The van der Waals surface area contributed by atoms with Gasteiger partial charge in [0.2, 0.25) is 0 Å². The van der Waals surface area contributed by atoms with Crippen molar-refractivity contribution in [3.05, 3.63) is 35.4 Å². The highest BCUT2D eigenvalue weighted by atomic mass is 16.1. The molecular weight excluding hydrogens is 300 g/mol. The van der Waals surface area contributed by atoms with Crippen LogP contribution in [0.1, 0.15) is 50.0 Å². The molecule has 24 heavy (non-hydrogen) atoms. The van der Waals surface area contributed by atoms with Crippen molar-refractivity contribution in [2.75, 3.05) is 26.2 Å². The monoisotopic (exact) mass is 330 g/mol. The Morgan fingerprint density at radius 1 is 1.25 bits per heavy atom. The highest BCUT2D eigenvalue weighted by molar-refractivity contribution is 5.94. The zero-order chi connectivity index (χ0) is 17.6. The Morgan fingerprint density at radius 2 is 2.00 bits per heavy atom. The van der Waals surface area contributed by atoms with Crippen LogP contribution in [0.2, 0.25) is 0 Å². The molecule has 1 saturated heterocycles. The van der Waals surface area contributed by atoms with Crippen LogP contribution in [0, 0.1) is 5.41 Å². The molecule has 1 aliphatic heterocycles. The van der Waals surface area contributed by atoms with E-state index in [1.807, 2.05) is 31.2 Å². The Labute approximate surface area is 145 Å². The molecule has 1 heterocycles. The molecule has 0 aromatic heterocycles. The fourth-order valence-electron chi connectivity index (χ4n) is 2.96. The lowest BCUT2D eigenvalue weighted by Gasteiger charge is -2.23. The normalized spacial score (nSPS) is 17.0. The van der Waals surface area contributed by atoms with Gasteiger partial charge in [0.05, 0.1) is 6.54 Å². The summed E-state index contributed by atoms with van der Waals surface area (Å²) in [5.41, 5.74) is 2.08. The van der Waals surface area contributed by atoms with Crippen molar-refractivity contribution in [2.24, 2.45) is 10.4 Å². The van der Waals surface area contributed by atoms with Gasteiger partial charge in [-0.2, -0.15) is 0 Å². The largest absolute Gasteiger partial charge is 0.357 e. The first-order valence-corrected chi connectivity index (χ1v) is 8.85. The van der Waals surface area contributed by atoms with E-state index in [9.17, 15) is 4.79 Å². The summed E-state index contributed by atoms with van der Waals surface area (Å²) in [4.78, 5) is 19.1. The summed E-state index contributed by atoms with van der Waals surface area (Å²) in [5, 5.41) is 6.22. The zero-order valence-electron chi connectivity index (χ0n) is 15.4. The molecule has 0 bridgehead atoms. The molecule has 1 fully saturated rings. The maximum Gasteiger partial charge on any atom is 0.251 e. The molecule has 5 heteroatoms. The summed E-state index contributed by atoms with van der Waals surface area (Å²) < 4.78 is 0.